The number of carbonyl (C=O) groups excluding carboxylic acids is 1. The second kappa shape index (κ2) is 7.89. The van der Waals surface area contributed by atoms with Gasteiger partial charge in [0.25, 0.3) is 0 Å². The van der Waals surface area contributed by atoms with Gasteiger partial charge in [-0.25, -0.2) is 0 Å². The molecule has 6 heteroatoms. The third-order valence-electron chi connectivity index (χ3n) is 4.11. The number of para-hydroxylation sites is 1. The summed E-state index contributed by atoms with van der Waals surface area (Å²) >= 11 is 12.1. The molecule has 0 aliphatic rings. The molecular formula is C22H14Cl2N2O2. The average molecular weight is 409 g/mol. The van der Waals surface area contributed by atoms with Crippen LogP contribution in [0.1, 0.15) is 5.76 Å². The minimum Gasteiger partial charge on any atom is -0.457 e. The summed E-state index contributed by atoms with van der Waals surface area (Å²) in [6.45, 7) is 0. The highest BCUT2D eigenvalue weighted by Crippen LogP contribution is 2.31. The van der Waals surface area contributed by atoms with Gasteiger partial charge in [-0.3, -0.25) is 9.78 Å². The largest absolute Gasteiger partial charge is 0.457 e. The van der Waals surface area contributed by atoms with Gasteiger partial charge in [-0.05, 0) is 48.5 Å². The van der Waals surface area contributed by atoms with Gasteiger partial charge in [-0.1, -0.05) is 41.4 Å². The van der Waals surface area contributed by atoms with Crippen LogP contribution in [0.4, 0.5) is 5.69 Å². The Morgan fingerprint density at radius 1 is 1.04 bits per heavy atom. The van der Waals surface area contributed by atoms with Crippen molar-refractivity contribution in [3.63, 3.8) is 0 Å². The molecule has 0 fully saturated rings. The number of aromatic nitrogens is 1. The van der Waals surface area contributed by atoms with Gasteiger partial charge in [0.05, 0.1) is 16.2 Å². The minimum atomic E-state index is -0.277. The second-order valence-corrected chi connectivity index (χ2v) is 6.87. The predicted molar refractivity (Wildman–Crippen MR) is 114 cm³/mol. The monoisotopic (exact) mass is 408 g/mol. The first-order valence-electron chi connectivity index (χ1n) is 8.48. The molecule has 2 heterocycles. The van der Waals surface area contributed by atoms with Crippen molar-refractivity contribution in [1.29, 1.82) is 0 Å². The number of nitrogens with one attached hydrogen (secondary N) is 1. The fourth-order valence-electron chi connectivity index (χ4n) is 2.81. The number of hydrogen-bond acceptors (Lipinski definition) is 3. The number of hydrogen-bond donors (Lipinski definition) is 1. The molecule has 4 aromatic rings. The Bertz CT molecular complexity index is 1190. The number of carbonyl (C=O) groups is 1. The van der Waals surface area contributed by atoms with Crippen LogP contribution in [0.25, 0.3) is 28.3 Å². The maximum absolute atomic E-state index is 12.3. The van der Waals surface area contributed by atoms with Crippen molar-refractivity contribution in [2.45, 2.75) is 0 Å². The number of amides is 1. The summed E-state index contributed by atoms with van der Waals surface area (Å²) in [6.07, 6.45) is 4.70. The maximum atomic E-state index is 12.3. The molecule has 4 nitrogen and oxygen atoms in total. The van der Waals surface area contributed by atoms with Gasteiger partial charge in [0.1, 0.15) is 11.5 Å². The zero-order valence-corrected chi connectivity index (χ0v) is 16.0. The molecule has 0 bridgehead atoms. The summed E-state index contributed by atoms with van der Waals surface area (Å²) < 4.78 is 5.75. The lowest BCUT2D eigenvalue weighted by Crippen LogP contribution is -2.08. The summed E-state index contributed by atoms with van der Waals surface area (Å²) in [5.41, 5.74) is 2.13. The number of furan rings is 1. The summed E-state index contributed by atoms with van der Waals surface area (Å²) in [5, 5.41) is 4.86. The number of rotatable bonds is 4. The number of fused-ring (bicyclic) bond motifs is 1. The van der Waals surface area contributed by atoms with Crippen LogP contribution < -0.4 is 5.32 Å². The summed E-state index contributed by atoms with van der Waals surface area (Å²) in [5.74, 6) is 0.854. The highest BCUT2D eigenvalue weighted by atomic mass is 35.5. The molecule has 0 aliphatic carbocycles. The van der Waals surface area contributed by atoms with E-state index in [9.17, 15) is 4.79 Å². The smallest absolute Gasteiger partial charge is 0.248 e. The van der Waals surface area contributed by atoms with Gasteiger partial charge in [0.15, 0.2) is 0 Å². The fraction of sp³-hybridized carbons (Fsp3) is 0. The predicted octanol–water partition coefficient (Wildman–Crippen LogP) is 6.45. The topological polar surface area (TPSA) is 55.1 Å². The van der Waals surface area contributed by atoms with Crippen LogP contribution in [-0.2, 0) is 4.79 Å². The van der Waals surface area contributed by atoms with Crippen LogP contribution in [0.5, 0.6) is 0 Å². The molecular weight excluding hydrogens is 395 g/mol. The van der Waals surface area contributed by atoms with E-state index in [0.717, 1.165) is 16.5 Å². The van der Waals surface area contributed by atoms with E-state index in [0.29, 0.717) is 27.3 Å². The summed E-state index contributed by atoms with van der Waals surface area (Å²) in [4.78, 5) is 16.6. The van der Waals surface area contributed by atoms with E-state index < -0.39 is 0 Å². The number of pyridine rings is 1. The van der Waals surface area contributed by atoms with Crippen molar-refractivity contribution in [3.05, 3.63) is 88.7 Å². The Kier molecular flexibility index (Phi) is 5.15. The molecule has 2 aromatic heterocycles. The molecule has 0 saturated heterocycles. The summed E-state index contributed by atoms with van der Waals surface area (Å²) in [7, 11) is 0. The highest BCUT2D eigenvalue weighted by molar-refractivity contribution is 6.36. The first-order chi connectivity index (χ1) is 13.6. The van der Waals surface area contributed by atoms with Gasteiger partial charge in [0.2, 0.25) is 5.91 Å². The molecule has 0 spiro atoms. The van der Waals surface area contributed by atoms with Gasteiger partial charge in [-0.2, -0.15) is 0 Å². The van der Waals surface area contributed by atoms with Crippen molar-refractivity contribution < 1.29 is 9.21 Å². The molecule has 0 unspecified atom stereocenters. The Hall–Kier alpha value is -3.08. The third-order valence-corrected chi connectivity index (χ3v) is 4.66. The van der Waals surface area contributed by atoms with E-state index in [2.05, 4.69) is 10.3 Å². The Balaban J connectivity index is 1.50. The molecule has 0 saturated carbocycles. The summed E-state index contributed by atoms with van der Waals surface area (Å²) in [6, 6.07) is 18.2. The molecule has 0 aliphatic heterocycles. The van der Waals surface area contributed by atoms with Gasteiger partial charge in [0, 0.05) is 28.2 Å². The molecule has 0 radical (unpaired) electrons. The molecule has 2 aromatic carbocycles. The van der Waals surface area contributed by atoms with Gasteiger partial charge < -0.3 is 9.73 Å². The van der Waals surface area contributed by atoms with E-state index in [1.807, 2.05) is 30.3 Å². The molecule has 0 atom stereocenters. The first kappa shape index (κ1) is 18.3. The van der Waals surface area contributed by atoms with Crippen LogP contribution in [0.15, 0.2) is 77.4 Å². The van der Waals surface area contributed by atoms with Crippen molar-refractivity contribution in [2.24, 2.45) is 0 Å². The lowest BCUT2D eigenvalue weighted by atomic mass is 10.2. The lowest BCUT2D eigenvalue weighted by molar-refractivity contribution is -0.111. The van der Waals surface area contributed by atoms with Crippen molar-refractivity contribution >= 4 is 51.8 Å². The molecule has 4 rings (SSSR count). The van der Waals surface area contributed by atoms with E-state index >= 15 is 0 Å². The van der Waals surface area contributed by atoms with Crippen LogP contribution >= 0.6 is 23.2 Å². The van der Waals surface area contributed by atoms with Gasteiger partial charge in [-0.15, -0.1) is 0 Å². The minimum absolute atomic E-state index is 0.277. The molecule has 1 amide bonds. The average Bonchev–Trinajstić information content (AvgIpc) is 3.15. The first-order valence-corrected chi connectivity index (χ1v) is 9.24. The zero-order valence-electron chi connectivity index (χ0n) is 14.5. The van der Waals surface area contributed by atoms with Crippen LogP contribution in [0.3, 0.4) is 0 Å². The SMILES string of the molecule is O=C(C=Cc1ccc(-c2ccc(Cl)cc2Cl)o1)Nc1cccc2cccnc12. The Morgan fingerprint density at radius 2 is 1.89 bits per heavy atom. The fourth-order valence-corrected chi connectivity index (χ4v) is 3.32. The molecule has 28 heavy (non-hydrogen) atoms. The normalized spacial score (nSPS) is 11.2. The number of nitrogens with zero attached hydrogens (tertiary/aromatic N) is 1. The zero-order chi connectivity index (χ0) is 19.5. The second-order valence-electron chi connectivity index (χ2n) is 6.03. The van der Waals surface area contributed by atoms with Crippen molar-refractivity contribution in [3.8, 4) is 11.3 Å². The highest BCUT2D eigenvalue weighted by Gasteiger charge is 2.09. The van der Waals surface area contributed by atoms with Crippen LogP contribution in [0, 0.1) is 0 Å². The number of halogens is 2. The van der Waals surface area contributed by atoms with E-state index in [1.54, 1.807) is 42.6 Å². The van der Waals surface area contributed by atoms with Crippen LogP contribution in [-0.4, -0.2) is 10.9 Å². The molecule has 138 valence electrons. The third kappa shape index (κ3) is 3.93. The Morgan fingerprint density at radius 3 is 2.75 bits per heavy atom. The molecule has 1 N–H and O–H groups in total. The number of anilines is 1. The van der Waals surface area contributed by atoms with Crippen LogP contribution in [0.2, 0.25) is 10.0 Å². The van der Waals surface area contributed by atoms with E-state index in [-0.39, 0.29) is 5.91 Å². The standard InChI is InChI=1S/C22H14Cl2N2O2/c23-15-6-9-17(18(24)13-15)20-10-7-16(28-20)8-11-21(27)26-19-5-1-3-14-4-2-12-25-22(14)19/h1-13H,(H,26,27). The number of benzene rings is 2. The maximum Gasteiger partial charge on any atom is 0.248 e. The van der Waals surface area contributed by atoms with Crippen molar-refractivity contribution in [2.75, 3.05) is 5.32 Å². The van der Waals surface area contributed by atoms with E-state index in [4.69, 9.17) is 27.6 Å². The quantitative estimate of drug-likeness (QED) is 0.394. The lowest BCUT2D eigenvalue weighted by Gasteiger charge is -2.05. The van der Waals surface area contributed by atoms with Gasteiger partial charge >= 0.3 is 0 Å². The van der Waals surface area contributed by atoms with Crippen molar-refractivity contribution in [1.82, 2.24) is 4.98 Å². The Labute approximate surface area is 171 Å². The van der Waals surface area contributed by atoms with E-state index in [1.165, 1.54) is 6.08 Å².